The minimum absolute atomic E-state index is 0.788. The fourth-order valence-electron chi connectivity index (χ4n) is 2.82. The molecule has 1 aromatic carbocycles. The molecule has 3 rings (SSSR count). The van der Waals surface area contributed by atoms with Crippen LogP contribution in [0.5, 0.6) is 0 Å². The van der Waals surface area contributed by atoms with Gasteiger partial charge in [-0.25, -0.2) is 9.97 Å². The summed E-state index contributed by atoms with van der Waals surface area (Å²) in [6.45, 7) is 6.53. The molecule has 0 aliphatic heterocycles. The lowest BCUT2D eigenvalue weighted by molar-refractivity contribution is 0.659. The molecule has 3 aromatic rings. The Bertz CT molecular complexity index is 863. The average molecular weight is 356 g/mol. The highest BCUT2D eigenvalue weighted by atomic mass is 32.1. The van der Waals surface area contributed by atoms with Gasteiger partial charge in [0.25, 0.3) is 0 Å². The zero-order valence-corrected chi connectivity index (χ0v) is 15.7. The van der Waals surface area contributed by atoms with Crippen LogP contribution in [0.2, 0.25) is 0 Å². The Morgan fingerprint density at radius 3 is 2.72 bits per heavy atom. The molecule has 2 N–H and O–H groups in total. The predicted molar refractivity (Wildman–Crippen MR) is 104 cm³/mol. The van der Waals surface area contributed by atoms with Gasteiger partial charge in [-0.2, -0.15) is 0 Å². The van der Waals surface area contributed by atoms with Gasteiger partial charge in [0.15, 0.2) is 5.96 Å². The Morgan fingerprint density at radius 2 is 1.96 bits per heavy atom. The first-order valence-corrected chi connectivity index (χ1v) is 9.32. The maximum absolute atomic E-state index is 4.60. The Morgan fingerprint density at radius 1 is 1.16 bits per heavy atom. The number of para-hydroxylation sites is 2. The lowest BCUT2D eigenvalue weighted by atomic mass is 10.3. The molecule has 25 heavy (non-hydrogen) atoms. The number of hydrogen-bond acceptors (Lipinski definition) is 4. The molecule has 0 spiro atoms. The molecule has 0 atom stereocenters. The maximum Gasteiger partial charge on any atom is 0.191 e. The van der Waals surface area contributed by atoms with Crippen molar-refractivity contribution in [3.8, 4) is 0 Å². The third-order valence-corrected chi connectivity index (χ3v) is 4.86. The average Bonchev–Trinajstić information content (AvgIpc) is 3.16. The van der Waals surface area contributed by atoms with E-state index in [9.17, 15) is 0 Å². The monoisotopic (exact) mass is 356 g/mol. The quantitative estimate of drug-likeness (QED) is 0.526. The molecule has 0 unspecified atom stereocenters. The van der Waals surface area contributed by atoms with Crippen molar-refractivity contribution in [3.63, 3.8) is 0 Å². The molecule has 0 aliphatic carbocycles. The summed E-state index contributed by atoms with van der Waals surface area (Å²) in [6.07, 6.45) is 0.899. The van der Waals surface area contributed by atoms with Gasteiger partial charge in [0.05, 0.1) is 21.7 Å². The van der Waals surface area contributed by atoms with Crippen LogP contribution in [0.1, 0.15) is 16.5 Å². The van der Waals surface area contributed by atoms with E-state index in [0.717, 1.165) is 54.1 Å². The summed E-state index contributed by atoms with van der Waals surface area (Å²) < 4.78 is 2.23. The van der Waals surface area contributed by atoms with E-state index >= 15 is 0 Å². The Balaban J connectivity index is 1.48. The van der Waals surface area contributed by atoms with E-state index in [-0.39, 0.29) is 0 Å². The smallest absolute Gasteiger partial charge is 0.191 e. The number of nitrogens with zero attached hydrogens (tertiary/aromatic N) is 4. The first-order chi connectivity index (χ1) is 12.2. The molecule has 132 valence electrons. The van der Waals surface area contributed by atoms with E-state index < -0.39 is 0 Å². The highest BCUT2D eigenvalue weighted by Crippen LogP contribution is 2.14. The van der Waals surface area contributed by atoms with Crippen LogP contribution in [0.15, 0.2) is 34.6 Å². The van der Waals surface area contributed by atoms with Gasteiger partial charge in [-0.05, 0) is 26.0 Å². The molecule has 2 heterocycles. The van der Waals surface area contributed by atoms with Crippen LogP contribution in [0.25, 0.3) is 11.0 Å². The highest BCUT2D eigenvalue weighted by Gasteiger charge is 2.06. The minimum Gasteiger partial charge on any atom is -0.356 e. The normalized spacial score (nSPS) is 11.9. The number of hydrogen-bond donors (Lipinski definition) is 2. The van der Waals surface area contributed by atoms with Gasteiger partial charge in [0.1, 0.15) is 5.82 Å². The van der Waals surface area contributed by atoms with Crippen molar-refractivity contribution in [2.24, 2.45) is 4.99 Å². The largest absolute Gasteiger partial charge is 0.356 e. The van der Waals surface area contributed by atoms with Gasteiger partial charge in [-0.3, -0.25) is 4.99 Å². The number of benzene rings is 1. The van der Waals surface area contributed by atoms with Crippen LogP contribution in [-0.4, -0.2) is 40.6 Å². The van der Waals surface area contributed by atoms with Gasteiger partial charge >= 0.3 is 0 Å². The first-order valence-electron chi connectivity index (χ1n) is 8.45. The number of guanidine groups is 1. The molecule has 0 aliphatic rings. The summed E-state index contributed by atoms with van der Waals surface area (Å²) in [5.74, 6) is 1.85. The molecule has 0 saturated carbocycles. The third kappa shape index (κ3) is 4.36. The number of rotatable bonds is 6. The summed E-state index contributed by atoms with van der Waals surface area (Å²) in [7, 11) is 1.79. The van der Waals surface area contributed by atoms with E-state index in [4.69, 9.17) is 0 Å². The fraction of sp³-hybridized carbons (Fsp3) is 0.389. The van der Waals surface area contributed by atoms with Crippen molar-refractivity contribution in [3.05, 3.63) is 46.2 Å². The molecular formula is C18H24N6S. The molecule has 2 aromatic heterocycles. The van der Waals surface area contributed by atoms with Gasteiger partial charge in [-0.1, -0.05) is 12.1 Å². The number of thiazole rings is 1. The van der Waals surface area contributed by atoms with E-state index in [2.05, 4.69) is 41.6 Å². The molecule has 0 radical (unpaired) electrons. The van der Waals surface area contributed by atoms with E-state index in [1.807, 2.05) is 32.0 Å². The van der Waals surface area contributed by atoms with E-state index in [1.54, 1.807) is 18.4 Å². The summed E-state index contributed by atoms with van der Waals surface area (Å²) in [4.78, 5) is 13.4. The van der Waals surface area contributed by atoms with Crippen LogP contribution in [0, 0.1) is 13.8 Å². The van der Waals surface area contributed by atoms with Crippen molar-refractivity contribution in [1.82, 2.24) is 25.2 Å². The highest BCUT2D eigenvalue weighted by molar-refractivity contribution is 7.09. The fourth-order valence-corrected chi connectivity index (χ4v) is 3.46. The second kappa shape index (κ2) is 8.11. The zero-order chi connectivity index (χ0) is 17.6. The standard InChI is InChI=1S/C18H24N6S/c1-13-22-16-6-4-5-7-17(16)24(13)11-10-21-18(19-3)20-9-8-15-12-25-14(2)23-15/h4-7,12H,8-11H2,1-3H3,(H2,19,20,21). The predicted octanol–water partition coefficient (Wildman–Crippen LogP) is 2.52. The maximum atomic E-state index is 4.60. The van der Waals surface area contributed by atoms with Gasteiger partial charge in [-0.15, -0.1) is 11.3 Å². The number of aromatic nitrogens is 3. The summed E-state index contributed by atoms with van der Waals surface area (Å²) in [6, 6.07) is 8.23. The molecule has 0 amide bonds. The Labute approximate surface area is 152 Å². The third-order valence-electron chi connectivity index (χ3n) is 4.04. The van der Waals surface area contributed by atoms with Crippen molar-refractivity contribution >= 4 is 28.3 Å². The van der Waals surface area contributed by atoms with Crippen LogP contribution in [0.4, 0.5) is 0 Å². The van der Waals surface area contributed by atoms with Crippen LogP contribution >= 0.6 is 11.3 Å². The second-order valence-electron chi connectivity index (χ2n) is 5.83. The first kappa shape index (κ1) is 17.4. The molecule has 0 fully saturated rings. The molecule has 0 bridgehead atoms. The lowest BCUT2D eigenvalue weighted by Crippen LogP contribution is -2.39. The molecular weight excluding hydrogens is 332 g/mol. The van der Waals surface area contributed by atoms with E-state index in [0.29, 0.717) is 0 Å². The van der Waals surface area contributed by atoms with E-state index in [1.165, 1.54) is 5.52 Å². The van der Waals surface area contributed by atoms with Crippen molar-refractivity contribution in [2.75, 3.05) is 20.1 Å². The molecule has 7 heteroatoms. The summed E-state index contributed by atoms with van der Waals surface area (Å²) in [5, 5.41) is 9.92. The molecule has 6 nitrogen and oxygen atoms in total. The minimum atomic E-state index is 0.788. The van der Waals surface area contributed by atoms with Crippen molar-refractivity contribution in [2.45, 2.75) is 26.8 Å². The number of aryl methyl sites for hydroxylation is 2. The van der Waals surface area contributed by atoms with Crippen LogP contribution < -0.4 is 10.6 Å². The van der Waals surface area contributed by atoms with Crippen molar-refractivity contribution in [1.29, 1.82) is 0 Å². The Kier molecular flexibility index (Phi) is 5.65. The number of nitrogens with one attached hydrogen (secondary N) is 2. The SMILES string of the molecule is CN=C(NCCc1csc(C)n1)NCCn1c(C)nc2ccccc21. The van der Waals surface area contributed by atoms with Gasteiger partial charge < -0.3 is 15.2 Å². The van der Waals surface area contributed by atoms with Crippen LogP contribution in [0.3, 0.4) is 0 Å². The summed E-state index contributed by atoms with van der Waals surface area (Å²) >= 11 is 1.69. The number of imidazole rings is 1. The zero-order valence-electron chi connectivity index (χ0n) is 14.9. The summed E-state index contributed by atoms with van der Waals surface area (Å²) in [5.41, 5.74) is 3.34. The number of aliphatic imine (C=N–C) groups is 1. The van der Waals surface area contributed by atoms with Gasteiger partial charge in [0.2, 0.25) is 0 Å². The second-order valence-corrected chi connectivity index (χ2v) is 6.90. The van der Waals surface area contributed by atoms with Crippen LogP contribution in [-0.2, 0) is 13.0 Å². The topological polar surface area (TPSA) is 67.1 Å². The van der Waals surface area contributed by atoms with Crippen molar-refractivity contribution < 1.29 is 0 Å². The van der Waals surface area contributed by atoms with Gasteiger partial charge in [0, 0.05) is 38.5 Å². The number of fused-ring (bicyclic) bond motifs is 1. The lowest BCUT2D eigenvalue weighted by Gasteiger charge is -2.13. The molecule has 0 saturated heterocycles. The Hall–Kier alpha value is -2.41.